The van der Waals surface area contributed by atoms with E-state index in [1.54, 1.807) is 6.07 Å². The number of nitrogens with two attached hydrogens (primary N) is 1. The Morgan fingerprint density at radius 2 is 2.14 bits per heavy atom. The molecular weight excluding hydrogens is 295 g/mol. The van der Waals surface area contributed by atoms with Crippen molar-refractivity contribution < 1.29 is 9.18 Å². The summed E-state index contributed by atoms with van der Waals surface area (Å²) in [6.45, 7) is 1.91. The Morgan fingerprint density at radius 3 is 2.76 bits per heavy atom. The number of halogens is 2. The van der Waals surface area contributed by atoms with Crippen molar-refractivity contribution in [2.75, 3.05) is 10.7 Å². The lowest BCUT2D eigenvalue weighted by molar-refractivity contribution is 0.102. The summed E-state index contributed by atoms with van der Waals surface area (Å²) in [5.74, 6) is 4.64. The summed E-state index contributed by atoms with van der Waals surface area (Å²) in [6, 6.07) is 7.15. The quantitative estimate of drug-likeness (QED) is 0.599. The van der Waals surface area contributed by atoms with Gasteiger partial charge in [0.1, 0.15) is 11.6 Å². The normalized spacial score (nSPS) is 10.3. The van der Waals surface area contributed by atoms with Gasteiger partial charge < -0.3 is 10.7 Å². The zero-order valence-electron chi connectivity index (χ0n) is 11.3. The summed E-state index contributed by atoms with van der Waals surface area (Å²) < 4.78 is 13.7. The number of aromatic nitrogens is 1. The molecule has 7 heteroatoms. The number of anilines is 2. The molecule has 1 heterocycles. The van der Waals surface area contributed by atoms with Crippen LogP contribution in [0.4, 0.5) is 15.9 Å². The van der Waals surface area contributed by atoms with Crippen LogP contribution in [-0.2, 0) is 6.42 Å². The van der Waals surface area contributed by atoms with Crippen LogP contribution >= 0.6 is 11.6 Å². The molecule has 0 aliphatic heterocycles. The minimum absolute atomic E-state index is 0.0570. The van der Waals surface area contributed by atoms with Crippen LogP contribution < -0.4 is 16.6 Å². The molecular formula is C14H14ClFN4O. The number of aryl methyl sites for hydroxylation is 1. The monoisotopic (exact) mass is 308 g/mol. The van der Waals surface area contributed by atoms with Crippen molar-refractivity contribution >= 4 is 29.0 Å². The van der Waals surface area contributed by atoms with Crippen LogP contribution in [0.25, 0.3) is 0 Å². The lowest BCUT2D eigenvalue weighted by atomic mass is 10.1. The fourth-order valence-corrected chi connectivity index (χ4v) is 1.92. The van der Waals surface area contributed by atoms with Gasteiger partial charge in [-0.3, -0.25) is 4.79 Å². The van der Waals surface area contributed by atoms with Gasteiger partial charge in [-0.05, 0) is 36.8 Å². The van der Waals surface area contributed by atoms with E-state index in [9.17, 15) is 9.18 Å². The topological polar surface area (TPSA) is 80.0 Å². The van der Waals surface area contributed by atoms with Gasteiger partial charge in [0.25, 0.3) is 5.91 Å². The van der Waals surface area contributed by atoms with Crippen molar-refractivity contribution in [2.24, 2.45) is 5.84 Å². The number of carbonyl (C=O) groups excluding carboxylic acids is 1. The molecule has 0 saturated carbocycles. The van der Waals surface area contributed by atoms with E-state index in [0.717, 1.165) is 6.07 Å². The predicted octanol–water partition coefficient (Wildman–Crippen LogP) is 2.97. The SMILES string of the molecule is CCc1cc(C(=O)Nc2ccc(Cl)cc2F)cc(NN)n1. The fraction of sp³-hybridized carbons (Fsp3) is 0.143. The number of nitrogens with zero attached hydrogens (tertiary/aromatic N) is 1. The van der Waals surface area contributed by atoms with Crippen molar-refractivity contribution in [3.63, 3.8) is 0 Å². The maximum atomic E-state index is 13.7. The van der Waals surface area contributed by atoms with E-state index in [-0.39, 0.29) is 10.7 Å². The third-order valence-electron chi connectivity index (χ3n) is 2.83. The number of pyridine rings is 1. The Bertz CT molecular complexity index is 656. The van der Waals surface area contributed by atoms with Gasteiger partial charge in [-0.15, -0.1) is 0 Å². The molecule has 0 unspecified atom stereocenters. The minimum atomic E-state index is -0.599. The number of hydrazine groups is 1. The van der Waals surface area contributed by atoms with Gasteiger partial charge in [0, 0.05) is 16.3 Å². The second kappa shape index (κ2) is 6.51. The predicted molar refractivity (Wildman–Crippen MR) is 80.8 cm³/mol. The number of hydrogen-bond acceptors (Lipinski definition) is 4. The van der Waals surface area contributed by atoms with E-state index >= 15 is 0 Å². The Labute approximate surface area is 126 Å². The summed E-state index contributed by atoms with van der Waals surface area (Å²) in [5.41, 5.74) is 3.49. The second-order valence-corrected chi connectivity index (χ2v) is 4.75. The smallest absolute Gasteiger partial charge is 0.255 e. The number of benzene rings is 1. The number of amides is 1. The van der Waals surface area contributed by atoms with Crippen LogP contribution in [-0.4, -0.2) is 10.9 Å². The van der Waals surface area contributed by atoms with Gasteiger partial charge in [-0.2, -0.15) is 0 Å². The van der Waals surface area contributed by atoms with Gasteiger partial charge in [0.2, 0.25) is 0 Å². The van der Waals surface area contributed by atoms with Gasteiger partial charge in [-0.25, -0.2) is 15.2 Å². The highest BCUT2D eigenvalue weighted by atomic mass is 35.5. The summed E-state index contributed by atoms with van der Waals surface area (Å²) in [4.78, 5) is 16.4. The van der Waals surface area contributed by atoms with Gasteiger partial charge in [0.15, 0.2) is 0 Å². The van der Waals surface area contributed by atoms with E-state index in [2.05, 4.69) is 15.7 Å². The molecule has 110 valence electrons. The first-order valence-electron chi connectivity index (χ1n) is 6.27. The minimum Gasteiger partial charge on any atom is -0.319 e. The number of nitrogens with one attached hydrogen (secondary N) is 2. The summed E-state index contributed by atoms with van der Waals surface area (Å²) in [5, 5.41) is 2.75. The molecule has 2 rings (SSSR count). The van der Waals surface area contributed by atoms with Gasteiger partial charge >= 0.3 is 0 Å². The number of nitrogen functional groups attached to an aromatic ring is 1. The van der Waals surface area contributed by atoms with Crippen LogP contribution in [0.3, 0.4) is 0 Å². The zero-order valence-corrected chi connectivity index (χ0v) is 12.0. The molecule has 5 nitrogen and oxygen atoms in total. The Morgan fingerprint density at radius 1 is 1.38 bits per heavy atom. The molecule has 0 aliphatic rings. The van der Waals surface area contributed by atoms with Crippen molar-refractivity contribution in [3.8, 4) is 0 Å². The number of carbonyl (C=O) groups is 1. The molecule has 0 aliphatic carbocycles. The van der Waals surface area contributed by atoms with Crippen LogP contribution in [0.1, 0.15) is 23.0 Å². The summed E-state index contributed by atoms with van der Waals surface area (Å²) in [7, 11) is 0. The fourth-order valence-electron chi connectivity index (χ4n) is 1.76. The molecule has 1 aromatic carbocycles. The Hall–Kier alpha value is -2.18. The van der Waals surface area contributed by atoms with Gasteiger partial charge in [0.05, 0.1) is 5.69 Å². The van der Waals surface area contributed by atoms with Gasteiger partial charge in [-0.1, -0.05) is 18.5 Å². The molecule has 4 N–H and O–H groups in total. The van der Waals surface area contributed by atoms with Crippen molar-refractivity contribution in [3.05, 3.63) is 52.4 Å². The molecule has 2 aromatic rings. The van der Waals surface area contributed by atoms with E-state index in [1.807, 2.05) is 6.92 Å². The van der Waals surface area contributed by atoms with Crippen LogP contribution in [0.5, 0.6) is 0 Å². The van der Waals surface area contributed by atoms with Crippen LogP contribution in [0.2, 0.25) is 5.02 Å². The van der Waals surface area contributed by atoms with Crippen LogP contribution in [0.15, 0.2) is 30.3 Å². The number of hydrogen-bond donors (Lipinski definition) is 3. The largest absolute Gasteiger partial charge is 0.319 e. The van der Waals surface area contributed by atoms with E-state index in [0.29, 0.717) is 23.5 Å². The first-order valence-corrected chi connectivity index (χ1v) is 6.65. The molecule has 0 spiro atoms. The Balaban J connectivity index is 2.27. The molecule has 0 bridgehead atoms. The van der Waals surface area contributed by atoms with Crippen LogP contribution in [0, 0.1) is 5.82 Å². The number of rotatable bonds is 4. The van der Waals surface area contributed by atoms with Crippen molar-refractivity contribution in [1.82, 2.24) is 4.98 Å². The lowest BCUT2D eigenvalue weighted by Gasteiger charge is -2.09. The first-order chi connectivity index (χ1) is 10.0. The second-order valence-electron chi connectivity index (χ2n) is 4.31. The first kappa shape index (κ1) is 15.2. The van der Waals surface area contributed by atoms with Crippen molar-refractivity contribution in [2.45, 2.75) is 13.3 Å². The summed E-state index contributed by atoms with van der Waals surface area (Å²) in [6.07, 6.45) is 0.644. The molecule has 0 fully saturated rings. The third-order valence-corrected chi connectivity index (χ3v) is 3.07. The van der Waals surface area contributed by atoms with Crippen molar-refractivity contribution in [1.29, 1.82) is 0 Å². The molecule has 1 aromatic heterocycles. The molecule has 21 heavy (non-hydrogen) atoms. The molecule has 1 amide bonds. The zero-order chi connectivity index (χ0) is 15.4. The maximum absolute atomic E-state index is 13.7. The molecule has 0 saturated heterocycles. The average molecular weight is 309 g/mol. The maximum Gasteiger partial charge on any atom is 0.255 e. The van der Waals surface area contributed by atoms with E-state index in [1.165, 1.54) is 18.2 Å². The van der Waals surface area contributed by atoms with E-state index in [4.69, 9.17) is 17.4 Å². The Kier molecular flexibility index (Phi) is 4.72. The molecule has 0 radical (unpaired) electrons. The highest BCUT2D eigenvalue weighted by Crippen LogP contribution is 2.20. The highest BCUT2D eigenvalue weighted by molar-refractivity contribution is 6.30. The highest BCUT2D eigenvalue weighted by Gasteiger charge is 2.12. The summed E-state index contributed by atoms with van der Waals surface area (Å²) >= 11 is 5.67. The third kappa shape index (κ3) is 3.68. The average Bonchev–Trinajstić information content (AvgIpc) is 2.49. The van der Waals surface area contributed by atoms with E-state index < -0.39 is 11.7 Å². The lowest BCUT2D eigenvalue weighted by Crippen LogP contribution is -2.16. The standard InChI is InChI=1S/C14H14ClFN4O/c1-2-10-5-8(6-13(18-10)20-17)14(21)19-12-4-3-9(15)7-11(12)16/h3-7H,2,17H2,1H3,(H,18,20)(H,19,21). The molecule has 0 atom stereocenters.